The minimum absolute atomic E-state index is 0.0632. The molecule has 0 aromatic carbocycles. The van der Waals surface area contributed by atoms with E-state index >= 15 is 0 Å². The van der Waals surface area contributed by atoms with E-state index in [2.05, 4.69) is 4.98 Å². The van der Waals surface area contributed by atoms with Crippen LogP contribution in [0.4, 0.5) is 5.69 Å². The fourth-order valence-corrected chi connectivity index (χ4v) is 1.24. The van der Waals surface area contributed by atoms with Crippen LogP contribution < -0.4 is 11.5 Å². The quantitative estimate of drug-likeness (QED) is 0.519. The molecule has 2 unspecified atom stereocenters. The molecule has 1 aromatic heterocycles. The first kappa shape index (κ1) is 11.2. The monoisotopic (exact) mass is 217 g/mol. The van der Waals surface area contributed by atoms with E-state index in [4.69, 9.17) is 23.1 Å². The van der Waals surface area contributed by atoms with Crippen LogP contribution in [0.1, 0.15) is 11.7 Å². The Labute approximate surface area is 86.3 Å². The van der Waals surface area contributed by atoms with E-state index in [1.54, 1.807) is 0 Å². The van der Waals surface area contributed by atoms with Gasteiger partial charge in [-0.25, -0.2) is 4.98 Å². The number of pyridine rings is 1. The number of anilines is 1. The molecule has 0 radical (unpaired) electrons. The van der Waals surface area contributed by atoms with Crippen LogP contribution in [0.3, 0.4) is 0 Å². The number of hydrogen-bond donors (Lipinski definition) is 4. The number of nitrogen functional groups attached to an aromatic ring is 1. The molecule has 1 aromatic rings. The minimum atomic E-state index is -1.16. The van der Waals surface area contributed by atoms with E-state index in [9.17, 15) is 10.2 Å². The molecule has 1 heterocycles. The molecule has 0 aliphatic rings. The lowest BCUT2D eigenvalue weighted by Crippen LogP contribution is -2.27. The number of aliphatic hydroxyl groups is 2. The topological polar surface area (TPSA) is 105 Å². The highest BCUT2D eigenvalue weighted by Gasteiger charge is 2.20. The van der Waals surface area contributed by atoms with Gasteiger partial charge in [0.25, 0.3) is 0 Å². The molecule has 0 aliphatic carbocycles. The number of halogens is 1. The van der Waals surface area contributed by atoms with Crippen molar-refractivity contribution >= 4 is 17.3 Å². The predicted molar refractivity (Wildman–Crippen MR) is 53.7 cm³/mol. The van der Waals surface area contributed by atoms with Gasteiger partial charge in [0.2, 0.25) is 0 Å². The zero-order chi connectivity index (χ0) is 10.7. The van der Waals surface area contributed by atoms with Crippen molar-refractivity contribution in [3.8, 4) is 0 Å². The molecule has 0 bridgehead atoms. The van der Waals surface area contributed by atoms with Gasteiger partial charge >= 0.3 is 0 Å². The van der Waals surface area contributed by atoms with Gasteiger partial charge < -0.3 is 21.7 Å². The summed E-state index contributed by atoms with van der Waals surface area (Å²) in [7, 11) is 0. The van der Waals surface area contributed by atoms with Gasteiger partial charge in [-0.3, -0.25) is 0 Å². The molecule has 0 fully saturated rings. The second-order valence-corrected chi connectivity index (χ2v) is 3.25. The molecule has 0 spiro atoms. The number of hydrogen-bond acceptors (Lipinski definition) is 5. The zero-order valence-electron chi connectivity index (χ0n) is 7.39. The number of nitrogens with zero attached hydrogens (tertiary/aromatic N) is 1. The average molecular weight is 218 g/mol. The van der Waals surface area contributed by atoms with Gasteiger partial charge in [0.1, 0.15) is 11.3 Å². The summed E-state index contributed by atoms with van der Waals surface area (Å²) in [5, 5.41) is 19.0. The Bertz CT molecular complexity index is 321. The Morgan fingerprint density at radius 1 is 1.50 bits per heavy atom. The molecule has 5 nitrogen and oxygen atoms in total. The zero-order valence-corrected chi connectivity index (χ0v) is 8.15. The molecular formula is C8H12ClN3O2. The summed E-state index contributed by atoms with van der Waals surface area (Å²) in [5.74, 6) is 0. The van der Waals surface area contributed by atoms with E-state index in [0.717, 1.165) is 0 Å². The van der Waals surface area contributed by atoms with Crippen LogP contribution in [-0.2, 0) is 0 Å². The third-order valence-corrected chi connectivity index (χ3v) is 2.13. The Balaban J connectivity index is 2.99. The highest BCUT2D eigenvalue weighted by atomic mass is 35.5. The largest absolute Gasteiger partial charge is 0.397 e. The van der Waals surface area contributed by atoms with Crippen molar-refractivity contribution in [1.82, 2.24) is 4.98 Å². The van der Waals surface area contributed by atoms with Gasteiger partial charge in [0.05, 0.1) is 18.0 Å². The van der Waals surface area contributed by atoms with E-state index in [-0.39, 0.29) is 17.3 Å². The highest BCUT2D eigenvalue weighted by Crippen LogP contribution is 2.24. The fraction of sp³-hybridized carbons (Fsp3) is 0.375. The molecule has 0 amide bonds. The fourth-order valence-electron chi connectivity index (χ4n) is 1.03. The van der Waals surface area contributed by atoms with Gasteiger partial charge in [-0.15, -0.1) is 0 Å². The van der Waals surface area contributed by atoms with Crippen LogP contribution in [0.15, 0.2) is 12.3 Å². The first-order valence-electron chi connectivity index (χ1n) is 4.03. The first-order chi connectivity index (χ1) is 6.56. The van der Waals surface area contributed by atoms with Crippen LogP contribution in [0.25, 0.3) is 0 Å². The molecule has 78 valence electrons. The van der Waals surface area contributed by atoms with Crippen molar-refractivity contribution in [1.29, 1.82) is 0 Å². The standard InChI is InChI=1S/C8H12ClN3O2/c9-8-5(1-4(11)3-12-8)7(14)6(13)2-10/h1,3,6-7,13-14H,2,10-11H2. The summed E-state index contributed by atoms with van der Waals surface area (Å²) in [6.07, 6.45) is -0.868. The summed E-state index contributed by atoms with van der Waals surface area (Å²) < 4.78 is 0. The van der Waals surface area contributed by atoms with E-state index in [1.807, 2.05) is 0 Å². The van der Waals surface area contributed by atoms with Crippen LogP contribution in [-0.4, -0.2) is 27.8 Å². The molecule has 6 heteroatoms. The molecular weight excluding hydrogens is 206 g/mol. The lowest BCUT2D eigenvalue weighted by atomic mass is 10.1. The van der Waals surface area contributed by atoms with Gasteiger partial charge in [-0.2, -0.15) is 0 Å². The average Bonchev–Trinajstić information content (AvgIpc) is 2.19. The molecule has 1 rings (SSSR count). The van der Waals surface area contributed by atoms with Crippen LogP contribution in [0.5, 0.6) is 0 Å². The van der Waals surface area contributed by atoms with Crippen molar-refractivity contribution in [3.05, 3.63) is 23.0 Å². The predicted octanol–water partition coefficient (Wildman–Crippen LogP) is -0.330. The van der Waals surface area contributed by atoms with E-state index in [1.165, 1.54) is 12.3 Å². The van der Waals surface area contributed by atoms with Crippen molar-refractivity contribution < 1.29 is 10.2 Å². The third kappa shape index (κ3) is 2.33. The Kier molecular flexibility index (Phi) is 3.65. The smallest absolute Gasteiger partial charge is 0.135 e. The molecule has 0 saturated heterocycles. The molecule has 0 aliphatic heterocycles. The number of aliphatic hydroxyl groups excluding tert-OH is 2. The number of aromatic nitrogens is 1. The lowest BCUT2D eigenvalue weighted by Gasteiger charge is -2.17. The molecule has 2 atom stereocenters. The summed E-state index contributed by atoms with van der Waals surface area (Å²) in [4.78, 5) is 3.74. The summed E-state index contributed by atoms with van der Waals surface area (Å²) in [6.45, 7) is -0.0632. The van der Waals surface area contributed by atoms with Gasteiger partial charge in [-0.1, -0.05) is 11.6 Å². The van der Waals surface area contributed by atoms with Crippen molar-refractivity contribution in [2.45, 2.75) is 12.2 Å². The highest BCUT2D eigenvalue weighted by molar-refractivity contribution is 6.30. The normalized spacial score (nSPS) is 15.1. The molecule has 0 saturated carbocycles. The SMILES string of the molecule is NCC(O)C(O)c1cc(N)cnc1Cl. The van der Waals surface area contributed by atoms with Crippen LogP contribution >= 0.6 is 11.6 Å². The summed E-state index contributed by atoms with van der Waals surface area (Å²) in [5.41, 5.74) is 11.3. The van der Waals surface area contributed by atoms with Gasteiger partial charge in [0, 0.05) is 12.1 Å². The maximum Gasteiger partial charge on any atom is 0.135 e. The summed E-state index contributed by atoms with van der Waals surface area (Å²) in [6, 6.07) is 1.46. The Morgan fingerprint density at radius 3 is 2.71 bits per heavy atom. The maximum absolute atomic E-state index is 9.58. The third-order valence-electron chi connectivity index (χ3n) is 1.81. The Hall–Kier alpha value is -0.880. The Morgan fingerprint density at radius 2 is 2.14 bits per heavy atom. The minimum Gasteiger partial charge on any atom is -0.397 e. The lowest BCUT2D eigenvalue weighted by molar-refractivity contribution is 0.0242. The van der Waals surface area contributed by atoms with Crippen LogP contribution in [0.2, 0.25) is 5.15 Å². The second kappa shape index (κ2) is 4.56. The van der Waals surface area contributed by atoms with E-state index < -0.39 is 12.2 Å². The van der Waals surface area contributed by atoms with Crippen molar-refractivity contribution in [3.63, 3.8) is 0 Å². The maximum atomic E-state index is 9.58. The second-order valence-electron chi connectivity index (χ2n) is 2.90. The first-order valence-corrected chi connectivity index (χ1v) is 4.41. The molecule has 14 heavy (non-hydrogen) atoms. The van der Waals surface area contributed by atoms with Crippen molar-refractivity contribution in [2.75, 3.05) is 12.3 Å². The van der Waals surface area contributed by atoms with Crippen LogP contribution in [0, 0.1) is 0 Å². The van der Waals surface area contributed by atoms with Gasteiger partial charge in [0.15, 0.2) is 0 Å². The number of nitrogens with two attached hydrogens (primary N) is 2. The van der Waals surface area contributed by atoms with Crippen molar-refractivity contribution in [2.24, 2.45) is 5.73 Å². The van der Waals surface area contributed by atoms with Gasteiger partial charge in [-0.05, 0) is 6.07 Å². The van der Waals surface area contributed by atoms with E-state index in [0.29, 0.717) is 5.69 Å². The number of rotatable bonds is 3. The summed E-state index contributed by atoms with van der Waals surface area (Å²) >= 11 is 5.71. The molecule has 6 N–H and O–H groups in total.